The van der Waals surface area contributed by atoms with Crippen molar-refractivity contribution in [2.75, 3.05) is 6.54 Å². The van der Waals surface area contributed by atoms with Crippen LogP contribution in [-0.2, 0) is 0 Å². The maximum atomic E-state index is 13.0. The molecule has 1 amide bonds. The van der Waals surface area contributed by atoms with E-state index in [4.69, 9.17) is 0 Å². The monoisotopic (exact) mass is 352 g/mol. The molecular weight excluding hydrogens is 328 g/mol. The van der Waals surface area contributed by atoms with Crippen molar-refractivity contribution in [1.82, 2.24) is 9.47 Å². The van der Waals surface area contributed by atoms with Crippen LogP contribution in [0, 0.1) is 5.92 Å². The number of rotatable bonds is 3. The molecule has 3 nitrogen and oxygen atoms in total. The summed E-state index contributed by atoms with van der Waals surface area (Å²) in [6.07, 6.45) is 9.69. The van der Waals surface area contributed by atoms with Crippen molar-refractivity contribution >= 4 is 21.8 Å². The van der Waals surface area contributed by atoms with Crippen LogP contribution in [0.1, 0.15) is 68.9 Å². The number of hydrogen-bond acceptors (Lipinski definition) is 1. The summed E-state index contributed by atoms with van der Waals surface area (Å²) < 4.78 is 3.09. The molecule has 2 aliphatic rings. The minimum atomic E-state index is 0.226. The highest BCUT2D eigenvalue weighted by molar-refractivity contribution is 9.10. The fourth-order valence-corrected chi connectivity index (χ4v) is 4.51. The zero-order valence-electron chi connectivity index (χ0n) is 13.0. The molecule has 1 aliphatic carbocycles. The number of carbonyl (C=O) groups is 1. The van der Waals surface area contributed by atoms with Crippen LogP contribution < -0.4 is 0 Å². The molecule has 1 atom stereocenters. The van der Waals surface area contributed by atoms with Crippen LogP contribution in [-0.4, -0.2) is 28.0 Å². The van der Waals surface area contributed by atoms with Crippen molar-refractivity contribution in [3.63, 3.8) is 0 Å². The van der Waals surface area contributed by atoms with Crippen LogP contribution >= 0.6 is 15.9 Å². The molecule has 0 N–H and O–H groups in total. The van der Waals surface area contributed by atoms with E-state index in [0.717, 1.165) is 29.1 Å². The number of aromatic nitrogens is 1. The summed E-state index contributed by atoms with van der Waals surface area (Å²) in [4.78, 5) is 15.2. The van der Waals surface area contributed by atoms with Gasteiger partial charge in [0, 0.05) is 29.3 Å². The summed E-state index contributed by atoms with van der Waals surface area (Å²) in [5.41, 5.74) is 0.835. The van der Waals surface area contributed by atoms with Gasteiger partial charge in [-0.25, -0.2) is 0 Å². The second-order valence-corrected chi connectivity index (χ2v) is 7.71. The van der Waals surface area contributed by atoms with E-state index in [1.165, 1.54) is 32.1 Å². The Balaban J connectivity index is 1.83. The Kier molecular flexibility index (Phi) is 4.43. The fraction of sp³-hybridized carbons (Fsp3) is 0.706. The molecule has 0 spiro atoms. The van der Waals surface area contributed by atoms with Crippen LogP contribution in [0.15, 0.2) is 16.7 Å². The zero-order valence-corrected chi connectivity index (χ0v) is 14.6. The van der Waals surface area contributed by atoms with Gasteiger partial charge in [-0.15, -0.1) is 0 Å². The highest BCUT2D eigenvalue weighted by Crippen LogP contribution is 2.36. The SMILES string of the molecule is CC(C)n1cc(Br)cc1C(=O)N1CCCC1C1CCCC1. The Morgan fingerprint density at radius 2 is 1.95 bits per heavy atom. The largest absolute Gasteiger partial charge is 0.340 e. The molecule has 0 bridgehead atoms. The topological polar surface area (TPSA) is 25.2 Å². The van der Waals surface area contributed by atoms with Gasteiger partial charge in [0.25, 0.3) is 5.91 Å². The van der Waals surface area contributed by atoms with Gasteiger partial charge in [0.1, 0.15) is 5.69 Å². The van der Waals surface area contributed by atoms with Crippen molar-refractivity contribution < 1.29 is 4.79 Å². The molecule has 2 heterocycles. The third-order valence-electron chi connectivity index (χ3n) is 5.09. The molecule has 1 saturated heterocycles. The second kappa shape index (κ2) is 6.15. The van der Waals surface area contributed by atoms with Gasteiger partial charge in [-0.2, -0.15) is 0 Å². The van der Waals surface area contributed by atoms with Crippen LogP contribution in [0.3, 0.4) is 0 Å². The highest BCUT2D eigenvalue weighted by atomic mass is 79.9. The van der Waals surface area contributed by atoms with Crippen LogP contribution in [0.4, 0.5) is 0 Å². The molecular formula is C17H25BrN2O. The molecule has 1 saturated carbocycles. The number of nitrogens with zero attached hydrogens (tertiary/aromatic N) is 2. The summed E-state index contributed by atoms with van der Waals surface area (Å²) in [6.45, 7) is 5.18. The van der Waals surface area contributed by atoms with Gasteiger partial charge in [0.05, 0.1) is 0 Å². The lowest BCUT2D eigenvalue weighted by Crippen LogP contribution is -2.40. The van der Waals surface area contributed by atoms with E-state index in [9.17, 15) is 4.79 Å². The van der Waals surface area contributed by atoms with E-state index in [-0.39, 0.29) is 5.91 Å². The van der Waals surface area contributed by atoms with E-state index in [2.05, 4.69) is 39.2 Å². The molecule has 0 aromatic carbocycles. The first-order chi connectivity index (χ1) is 10.1. The zero-order chi connectivity index (χ0) is 15.0. The third-order valence-corrected chi connectivity index (χ3v) is 5.53. The Bertz CT molecular complexity index is 517. The molecule has 1 aliphatic heterocycles. The van der Waals surface area contributed by atoms with Gasteiger partial charge >= 0.3 is 0 Å². The van der Waals surface area contributed by atoms with E-state index in [1.54, 1.807) is 0 Å². The Labute approximate surface area is 135 Å². The molecule has 2 fully saturated rings. The third kappa shape index (κ3) is 2.92. The maximum absolute atomic E-state index is 13.0. The average molecular weight is 353 g/mol. The summed E-state index contributed by atoms with van der Waals surface area (Å²) in [6, 6.07) is 2.77. The maximum Gasteiger partial charge on any atom is 0.270 e. The Morgan fingerprint density at radius 1 is 1.24 bits per heavy atom. The van der Waals surface area contributed by atoms with Gasteiger partial charge in [-0.3, -0.25) is 4.79 Å². The minimum absolute atomic E-state index is 0.226. The normalized spacial score (nSPS) is 23.4. The van der Waals surface area contributed by atoms with Gasteiger partial charge in [0.2, 0.25) is 0 Å². The highest BCUT2D eigenvalue weighted by Gasteiger charge is 2.37. The molecule has 21 heavy (non-hydrogen) atoms. The average Bonchev–Trinajstić information content (AvgIpc) is 3.17. The summed E-state index contributed by atoms with van der Waals surface area (Å²) in [7, 11) is 0. The van der Waals surface area contributed by atoms with Crippen molar-refractivity contribution in [3.8, 4) is 0 Å². The summed E-state index contributed by atoms with van der Waals surface area (Å²) in [5.74, 6) is 0.964. The lowest BCUT2D eigenvalue weighted by molar-refractivity contribution is 0.0676. The number of carbonyl (C=O) groups excluding carboxylic acids is 1. The first kappa shape index (κ1) is 15.1. The molecule has 4 heteroatoms. The van der Waals surface area contributed by atoms with E-state index >= 15 is 0 Å². The first-order valence-electron chi connectivity index (χ1n) is 8.26. The molecule has 1 unspecified atom stereocenters. The molecule has 1 aromatic rings. The lowest BCUT2D eigenvalue weighted by atomic mass is 9.96. The van der Waals surface area contributed by atoms with Gasteiger partial charge in [-0.1, -0.05) is 12.8 Å². The molecule has 116 valence electrons. The minimum Gasteiger partial charge on any atom is -0.340 e. The number of amides is 1. The Morgan fingerprint density at radius 3 is 2.62 bits per heavy atom. The Hall–Kier alpha value is -0.770. The van der Waals surface area contributed by atoms with Crippen LogP contribution in [0.5, 0.6) is 0 Å². The fourth-order valence-electron chi connectivity index (χ4n) is 4.07. The predicted molar refractivity (Wildman–Crippen MR) is 88.5 cm³/mol. The number of hydrogen-bond donors (Lipinski definition) is 0. The van der Waals surface area contributed by atoms with Crippen LogP contribution in [0.2, 0.25) is 0 Å². The predicted octanol–water partition coefficient (Wildman–Crippen LogP) is 4.63. The van der Waals surface area contributed by atoms with E-state index in [0.29, 0.717) is 12.1 Å². The van der Waals surface area contributed by atoms with E-state index < -0.39 is 0 Å². The van der Waals surface area contributed by atoms with E-state index in [1.807, 2.05) is 12.3 Å². The van der Waals surface area contributed by atoms with Gasteiger partial charge in [-0.05, 0) is 67.4 Å². The van der Waals surface area contributed by atoms with Crippen molar-refractivity contribution in [2.24, 2.45) is 5.92 Å². The van der Waals surface area contributed by atoms with Crippen LogP contribution in [0.25, 0.3) is 0 Å². The number of likely N-dealkylation sites (tertiary alicyclic amines) is 1. The number of halogens is 1. The van der Waals surface area contributed by atoms with Crippen molar-refractivity contribution in [2.45, 2.75) is 64.5 Å². The van der Waals surface area contributed by atoms with Crippen molar-refractivity contribution in [1.29, 1.82) is 0 Å². The molecule has 0 radical (unpaired) electrons. The molecule has 1 aromatic heterocycles. The quantitative estimate of drug-likeness (QED) is 0.778. The van der Waals surface area contributed by atoms with Gasteiger partial charge < -0.3 is 9.47 Å². The lowest BCUT2D eigenvalue weighted by Gasteiger charge is -2.30. The van der Waals surface area contributed by atoms with Crippen molar-refractivity contribution in [3.05, 3.63) is 22.4 Å². The summed E-state index contributed by atoms with van der Waals surface area (Å²) in [5, 5.41) is 0. The molecule has 3 rings (SSSR count). The smallest absolute Gasteiger partial charge is 0.270 e. The summed E-state index contributed by atoms with van der Waals surface area (Å²) >= 11 is 3.52. The standard InChI is InChI=1S/C17H25BrN2O/c1-12(2)20-11-14(18)10-16(20)17(21)19-9-5-8-15(19)13-6-3-4-7-13/h10-13,15H,3-9H2,1-2H3. The second-order valence-electron chi connectivity index (χ2n) is 6.80. The first-order valence-corrected chi connectivity index (χ1v) is 9.05. The van der Waals surface area contributed by atoms with Gasteiger partial charge in [0.15, 0.2) is 0 Å².